The summed E-state index contributed by atoms with van der Waals surface area (Å²) in [7, 11) is 0. The summed E-state index contributed by atoms with van der Waals surface area (Å²) in [5.74, 6) is 1.87. The molecular formula is C18H22N4O. The molecule has 1 aromatic carbocycles. The third-order valence-electron chi connectivity index (χ3n) is 4.98. The van der Waals surface area contributed by atoms with Gasteiger partial charge in [-0.3, -0.25) is 4.79 Å². The van der Waals surface area contributed by atoms with E-state index >= 15 is 0 Å². The van der Waals surface area contributed by atoms with Crippen molar-refractivity contribution in [3.05, 3.63) is 46.5 Å². The maximum atomic E-state index is 12.6. The van der Waals surface area contributed by atoms with Crippen LogP contribution in [-0.2, 0) is 25.8 Å². The van der Waals surface area contributed by atoms with Gasteiger partial charge in [0.1, 0.15) is 5.82 Å². The number of hydrogen-bond acceptors (Lipinski definition) is 3. The number of carbonyl (C=O) groups excluding carboxylic acids is 1. The second kappa shape index (κ2) is 5.80. The molecule has 0 spiro atoms. The Balaban J connectivity index is 1.51. The fourth-order valence-corrected chi connectivity index (χ4v) is 3.71. The number of amides is 1. The molecular weight excluding hydrogens is 288 g/mol. The highest BCUT2D eigenvalue weighted by atomic mass is 16.1. The second-order valence-corrected chi connectivity index (χ2v) is 6.62. The van der Waals surface area contributed by atoms with Crippen LogP contribution in [0.15, 0.2) is 18.2 Å². The number of nitrogens with one attached hydrogen (secondary N) is 1. The van der Waals surface area contributed by atoms with E-state index in [1.807, 2.05) is 13.0 Å². The molecule has 0 bridgehead atoms. The Bertz CT molecular complexity index is 749. The summed E-state index contributed by atoms with van der Waals surface area (Å²) in [5, 5.41) is 11.5. The molecule has 2 aliphatic rings. The molecule has 0 radical (unpaired) electrons. The molecule has 0 saturated carbocycles. The van der Waals surface area contributed by atoms with Crippen molar-refractivity contribution in [3.63, 3.8) is 0 Å². The predicted molar refractivity (Wildman–Crippen MR) is 87.3 cm³/mol. The van der Waals surface area contributed by atoms with Crippen molar-refractivity contribution >= 4 is 5.91 Å². The fourth-order valence-electron chi connectivity index (χ4n) is 3.71. The molecule has 1 atom stereocenters. The van der Waals surface area contributed by atoms with Gasteiger partial charge in [0.05, 0.1) is 6.04 Å². The van der Waals surface area contributed by atoms with Crippen LogP contribution >= 0.6 is 0 Å². The Morgan fingerprint density at radius 3 is 2.83 bits per heavy atom. The van der Waals surface area contributed by atoms with Gasteiger partial charge >= 0.3 is 0 Å². The number of aromatic nitrogens is 3. The summed E-state index contributed by atoms with van der Waals surface area (Å²) in [6.45, 7) is 2.93. The van der Waals surface area contributed by atoms with Gasteiger partial charge in [0.15, 0.2) is 5.82 Å². The van der Waals surface area contributed by atoms with Crippen LogP contribution in [0.3, 0.4) is 0 Å². The number of aryl methyl sites for hydroxylation is 3. The van der Waals surface area contributed by atoms with E-state index in [0.29, 0.717) is 0 Å². The van der Waals surface area contributed by atoms with Crippen LogP contribution in [0, 0.1) is 0 Å². The minimum absolute atomic E-state index is 0.0266. The summed E-state index contributed by atoms with van der Waals surface area (Å²) in [6, 6.07) is 5.99. The number of nitrogens with zero attached hydrogens (tertiary/aromatic N) is 3. The number of benzene rings is 1. The first-order chi connectivity index (χ1) is 11.2. The third kappa shape index (κ3) is 2.64. The summed E-state index contributed by atoms with van der Waals surface area (Å²) in [4.78, 5) is 12.6. The van der Waals surface area contributed by atoms with Gasteiger partial charge in [-0.2, -0.15) is 0 Å². The van der Waals surface area contributed by atoms with Crippen LogP contribution < -0.4 is 5.32 Å². The lowest BCUT2D eigenvalue weighted by Gasteiger charge is -2.18. The van der Waals surface area contributed by atoms with E-state index in [-0.39, 0.29) is 11.9 Å². The third-order valence-corrected chi connectivity index (χ3v) is 4.98. The number of hydrogen-bond donors (Lipinski definition) is 1. The Kier molecular flexibility index (Phi) is 3.63. The van der Waals surface area contributed by atoms with Crippen molar-refractivity contribution in [1.29, 1.82) is 0 Å². The minimum atomic E-state index is -0.127. The molecule has 5 heteroatoms. The molecule has 1 aliphatic carbocycles. The van der Waals surface area contributed by atoms with Gasteiger partial charge in [-0.15, -0.1) is 10.2 Å². The van der Waals surface area contributed by atoms with E-state index in [0.717, 1.165) is 49.4 Å². The van der Waals surface area contributed by atoms with Gasteiger partial charge in [0.25, 0.3) is 5.91 Å². The number of rotatable bonds is 3. The van der Waals surface area contributed by atoms with Gasteiger partial charge in [-0.05, 0) is 62.3 Å². The fraction of sp³-hybridized carbons (Fsp3) is 0.500. The highest BCUT2D eigenvalue weighted by molar-refractivity contribution is 5.94. The highest BCUT2D eigenvalue weighted by Crippen LogP contribution is 2.23. The Morgan fingerprint density at radius 1 is 1.13 bits per heavy atom. The zero-order valence-electron chi connectivity index (χ0n) is 13.5. The zero-order valence-corrected chi connectivity index (χ0v) is 13.5. The van der Waals surface area contributed by atoms with E-state index in [1.165, 1.54) is 24.0 Å². The largest absolute Gasteiger partial charge is 0.342 e. The molecule has 1 aliphatic heterocycles. The molecule has 0 fully saturated rings. The van der Waals surface area contributed by atoms with Crippen LogP contribution in [0.4, 0.5) is 0 Å². The lowest BCUT2D eigenvalue weighted by molar-refractivity contribution is 0.0937. The summed E-state index contributed by atoms with van der Waals surface area (Å²) in [5.41, 5.74) is 3.48. The maximum absolute atomic E-state index is 12.6. The molecule has 0 saturated heterocycles. The van der Waals surface area contributed by atoms with E-state index in [9.17, 15) is 4.79 Å². The second-order valence-electron chi connectivity index (χ2n) is 6.62. The summed E-state index contributed by atoms with van der Waals surface area (Å²) < 4.78 is 2.14. The average Bonchev–Trinajstić information content (AvgIpc) is 3.17. The zero-order chi connectivity index (χ0) is 15.8. The van der Waals surface area contributed by atoms with Crippen LogP contribution in [-0.4, -0.2) is 20.7 Å². The summed E-state index contributed by atoms with van der Waals surface area (Å²) in [6.07, 6.45) is 6.80. The maximum Gasteiger partial charge on any atom is 0.251 e. The van der Waals surface area contributed by atoms with Crippen molar-refractivity contribution < 1.29 is 4.79 Å². The molecule has 0 unspecified atom stereocenters. The van der Waals surface area contributed by atoms with E-state index < -0.39 is 0 Å². The van der Waals surface area contributed by atoms with Crippen LogP contribution in [0.25, 0.3) is 0 Å². The SMILES string of the molecule is C[C@@H](NC(=O)c1ccc2c(c1)CCCC2)c1nnc2n1CCC2. The van der Waals surface area contributed by atoms with Crippen molar-refractivity contribution in [2.75, 3.05) is 0 Å². The molecule has 23 heavy (non-hydrogen) atoms. The standard InChI is InChI=1S/C18H22N4O/c1-12(17-21-20-16-7-4-10-22(16)17)19-18(23)15-9-8-13-5-2-3-6-14(13)11-15/h8-9,11-12H,2-7,10H2,1H3,(H,19,23)/t12-/m1/s1. The van der Waals surface area contributed by atoms with Gasteiger partial charge in [-0.25, -0.2) is 0 Å². The molecule has 1 amide bonds. The number of fused-ring (bicyclic) bond motifs is 2. The first kappa shape index (κ1) is 14.4. The quantitative estimate of drug-likeness (QED) is 0.948. The average molecular weight is 310 g/mol. The monoisotopic (exact) mass is 310 g/mol. The smallest absolute Gasteiger partial charge is 0.251 e. The molecule has 2 aromatic rings. The lowest BCUT2D eigenvalue weighted by Crippen LogP contribution is -2.29. The van der Waals surface area contributed by atoms with Gasteiger partial charge in [0.2, 0.25) is 0 Å². The lowest BCUT2D eigenvalue weighted by atomic mass is 9.90. The van der Waals surface area contributed by atoms with Crippen molar-refractivity contribution in [2.45, 2.75) is 58.0 Å². The molecule has 5 nitrogen and oxygen atoms in total. The number of carbonyl (C=O) groups is 1. The van der Waals surface area contributed by atoms with E-state index in [2.05, 4.69) is 32.2 Å². The van der Waals surface area contributed by atoms with Gasteiger partial charge in [0, 0.05) is 18.5 Å². The Hall–Kier alpha value is -2.17. The Morgan fingerprint density at radius 2 is 1.96 bits per heavy atom. The van der Waals surface area contributed by atoms with E-state index in [1.54, 1.807) is 0 Å². The minimum Gasteiger partial charge on any atom is -0.342 e. The Labute approximate surface area is 136 Å². The highest BCUT2D eigenvalue weighted by Gasteiger charge is 2.23. The molecule has 120 valence electrons. The van der Waals surface area contributed by atoms with Crippen molar-refractivity contribution in [2.24, 2.45) is 0 Å². The predicted octanol–water partition coefficient (Wildman–Crippen LogP) is 2.59. The molecule has 2 heterocycles. The van der Waals surface area contributed by atoms with E-state index in [4.69, 9.17) is 0 Å². The topological polar surface area (TPSA) is 59.8 Å². The first-order valence-electron chi connectivity index (χ1n) is 8.57. The molecule has 4 rings (SSSR count). The van der Waals surface area contributed by atoms with Gasteiger partial charge in [-0.1, -0.05) is 6.07 Å². The molecule has 1 N–H and O–H groups in total. The first-order valence-corrected chi connectivity index (χ1v) is 8.57. The van der Waals surface area contributed by atoms with Crippen molar-refractivity contribution in [1.82, 2.24) is 20.1 Å². The van der Waals surface area contributed by atoms with Crippen LogP contribution in [0.1, 0.15) is 65.4 Å². The van der Waals surface area contributed by atoms with Gasteiger partial charge < -0.3 is 9.88 Å². The molecule has 1 aromatic heterocycles. The van der Waals surface area contributed by atoms with Crippen LogP contribution in [0.2, 0.25) is 0 Å². The van der Waals surface area contributed by atoms with Crippen molar-refractivity contribution in [3.8, 4) is 0 Å². The summed E-state index contributed by atoms with van der Waals surface area (Å²) >= 11 is 0. The van der Waals surface area contributed by atoms with Crippen LogP contribution in [0.5, 0.6) is 0 Å². The normalized spacial score (nSPS) is 17.4.